The zero-order valence-corrected chi connectivity index (χ0v) is 14.0. The minimum atomic E-state index is -0.406. The molecule has 0 amide bonds. The molecule has 3 aliphatic carbocycles. The van der Waals surface area contributed by atoms with Gasteiger partial charge in [0.05, 0.1) is 11.7 Å². The summed E-state index contributed by atoms with van der Waals surface area (Å²) in [5.41, 5.74) is 1.34. The van der Waals surface area contributed by atoms with Gasteiger partial charge in [-0.05, 0) is 68.6 Å². The molecule has 0 aromatic heterocycles. The third-order valence-corrected chi connectivity index (χ3v) is 7.63. The molecular weight excluding hydrogens is 248 g/mol. The van der Waals surface area contributed by atoms with Gasteiger partial charge in [-0.2, -0.15) is 0 Å². The van der Waals surface area contributed by atoms with E-state index < -0.39 is 5.79 Å². The minimum Gasteiger partial charge on any atom is -0.344 e. The van der Waals surface area contributed by atoms with Gasteiger partial charge in [0.2, 0.25) is 0 Å². The van der Waals surface area contributed by atoms with E-state index in [0.29, 0.717) is 22.2 Å². The molecular formula is C18H30O2. The Morgan fingerprint density at radius 2 is 1.60 bits per heavy atom. The Hall–Kier alpha value is -0.0800. The molecule has 0 radical (unpaired) electrons. The number of rotatable bonds is 0. The van der Waals surface area contributed by atoms with Gasteiger partial charge in [-0.3, -0.25) is 0 Å². The first-order valence-corrected chi connectivity index (χ1v) is 8.44. The van der Waals surface area contributed by atoms with E-state index in [1.807, 2.05) is 0 Å². The van der Waals surface area contributed by atoms with Crippen LogP contribution in [-0.4, -0.2) is 17.5 Å². The lowest BCUT2D eigenvalue weighted by atomic mass is 9.47. The summed E-state index contributed by atoms with van der Waals surface area (Å²) in [4.78, 5) is 0. The smallest absolute Gasteiger partial charge is 0.164 e. The molecule has 0 N–H and O–H groups in total. The molecule has 1 saturated heterocycles. The van der Waals surface area contributed by atoms with E-state index in [4.69, 9.17) is 9.47 Å². The van der Waals surface area contributed by atoms with Crippen LogP contribution in [0.5, 0.6) is 0 Å². The lowest BCUT2D eigenvalue weighted by Crippen LogP contribution is -2.57. The van der Waals surface area contributed by atoms with Crippen LogP contribution in [0.2, 0.25) is 0 Å². The third kappa shape index (κ3) is 1.30. The average molecular weight is 278 g/mol. The largest absolute Gasteiger partial charge is 0.344 e. The fourth-order valence-corrected chi connectivity index (χ4v) is 6.87. The first kappa shape index (κ1) is 13.6. The molecule has 0 bridgehead atoms. The Balaban J connectivity index is 1.80. The maximum Gasteiger partial charge on any atom is 0.164 e. The summed E-state index contributed by atoms with van der Waals surface area (Å²) in [6.45, 7) is 14.1. The standard InChI is InChI=1S/C18H30O2/c1-14(2)8-7-9-16(5)11-13-17(6,12-10-18(12,14)16)20-15(3,4)19-13/h12-13H,7-11H2,1-6H3/t12-,13+,16-,17-,18-/m0/s1. The minimum absolute atomic E-state index is 0.0579. The van der Waals surface area contributed by atoms with E-state index in [0.717, 1.165) is 0 Å². The van der Waals surface area contributed by atoms with Gasteiger partial charge in [0.15, 0.2) is 5.79 Å². The van der Waals surface area contributed by atoms with Gasteiger partial charge in [0.25, 0.3) is 0 Å². The van der Waals surface area contributed by atoms with Gasteiger partial charge in [-0.15, -0.1) is 0 Å². The SMILES string of the molecule is CC1(C)O[C@@H]2C[C@]3(C)CCCC(C)(C)[C@@]34C[C@H]4[C@]2(C)O1. The van der Waals surface area contributed by atoms with Crippen molar-refractivity contribution in [1.82, 2.24) is 0 Å². The zero-order chi connectivity index (χ0) is 14.6. The second kappa shape index (κ2) is 3.30. The molecule has 20 heavy (non-hydrogen) atoms. The summed E-state index contributed by atoms with van der Waals surface area (Å²) in [6.07, 6.45) is 6.96. The maximum atomic E-state index is 6.45. The van der Waals surface area contributed by atoms with E-state index in [-0.39, 0.29) is 11.7 Å². The van der Waals surface area contributed by atoms with Gasteiger partial charge in [-0.1, -0.05) is 27.2 Å². The number of hydrogen-bond acceptors (Lipinski definition) is 2. The van der Waals surface area contributed by atoms with E-state index in [2.05, 4.69) is 41.5 Å². The summed E-state index contributed by atoms with van der Waals surface area (Å²) in [7, 11) is 0. The molecule has 1 spiro atoms. The molecule has 114 valence electrons. The summed E-state index contributed by atoms with van der Waals surface area (Å²) in [6, 6.07) is 0. The molecule has 2 heteroatoms. The Kier molecular flexibility index (Phi) is 2.24. The third-order valence-electron chi connectivity index (χ3n) is 7.63. The van der Waals surface area contributed by atoms with Crippen LogP contribution in [0.15, 0.2) is 0 Å². The Morgan fingerprint density at radius 1 is 0.900 bits per heavy atom. The number of fused-ring (bicyclic) bond motifs is 2. The van der Waals surface area contributed by atoms with Crippen LogP contribution < -0.4 is 0 Å². The van der Waals surface area contributed by atoms with Crippen LogP contribution in [0, 0.1) is 22.2 Å². The maximum absolute atomic E-state index is 6.45. The predicted octanol–water partition coefficient (Wildman–Crippen LogP) is 4.52. The van der Waals surface area contributed by atoms with Crippen LogP contribution in [-0.2, 0) is 9.47 Å². The van der Waals surface area contributed by atoms with Crippen molar-refractivity contribution in [3.05, 3.63) is 0 Å². The lowest BCUT2D eigenvalue weighted by molar-refractivity contribution is -0.168. The fourth-order valence-electron chi connectivity index (χ4n) is 6.87. The van der Waals surface area contributed by atoms with Crippen LogP contribution in [0.1, 0.15) is 73.6 Å². The molecule has 2 nitrogen and oxygen atoms in total. The van der Waals surface area contributed by atoms with Crippen molar-refractivity contribution >= 4 is 0 Å². The fraction of sp³-hybridized carbons (Fsp3) is 1.00. The van der Waals surface area contributed by atoms with Gasteiger partial charge in [-0.25, -0.2) is 0 Å². The molecule has 5 atom stereocenters. The Labute approximate surface area is 123 Å². The van der Waals surface area contributed by atoms with E-state index >= 15 is 0 Å². The summed E-state index contributed by atoms with van der Waals surface area (Å²) >= 11 is 0. The van der Waals surface area contributed by atoms with Crippen molar-refractivity contribution in [3.8, 4) is 0 Å². The quantitative estimate of drug-likeness (QED) is 0.648. The van der Waals surface area contributed by atoms with Gasteiger partial charge < -0.3 is 9.47 Å². The molecule has 4 fully saturated rings. The average Bonchev–Trinajstić information content (AvgIpc) is 2.97. The highest BCUT2D eigenvalue weighted by molar-refractivity contribution is 5.29. The van der Waals surface area contributed by atoms with Crippen molar-refractivity contribution in [2.24, 2.45) is 22.2 Å². The molecule has 4 aliphatic rings. The molecule has 0 aromatic carbocycles. The predicted molar refractivity (Wildman–Crippen MR) is 79.3 cm³/mol. The van der Waals surface area contributed by atoms with Gasteiger partial charge in [0, 0.05) is 0 Å². The highest BCUT2D eigenvalue weighted by Gasteiger charge is 2.81. The van der Waals surface area contributed by atoms with Crippen LogP contribution >= 0.6 is 0 Å². The molecule has 0 unspecified atom stereocenters. The monoisotopic (exact) mass is 278 g/mol. The Morgan fingerprint density at radius 3 is 2.30 bits per heavy atom. The van der Waals surface area contributed by atoms with E-state index in [9.17, 15) is 0 Å². The highest BCUT2D eigenvalue weighted by atomic mass is 16.8. The number of hydrogen-bond donors (Lipinski definition) is 0. The van der Waals surface area contributed by atoms with Crippen molar-refractivity contribution < 1.29 is 9.47 Å². The molecule has 0 aromatic rings. The van der Waals surface area contributed by atoms with Crippen molar-refractivity contribution in [2.45, 2.75) is 91.1 Å². The van der Waals surface area contributed by atoms with Gasteiger partial charge in [0.1, 0.15) is 0 Å². The van der Waals surface area contributed by atoms with Crippen molar-refractivity contribution in [3.63, 3.8) is 0 Å². The van der Waals surface area contributed by atoms with Crippen molar-refractivity contribution in [2.75, 3.05) is 0 Å². The van der Waals surface area contributed by atoms with Crippen molar-refractivity contribution in [1.29, 1.82) is 0 Å². The summed E-state index contributed by atoms with van der Waals surface area (Å²) < 4.78 is 12.8. The summed E-state index contributed by atoms with van der Waals surface area (Å²) in [5.74, 6) is 0.285. The lowest BCUT2D eigenvalue weighted by Gasteiger charge is -2.58. The second-order valence-corrected chi connectivity index (χ2v) is 9.52. The second-order valence-electron chi connectivity index (χ2n) is 9.52. The molecule has 3 saturated carbocycles. The first-order chi connectivity index (χ1) is 9.07. The zero-order valence-electron chi connectivity index (χ0n) is 14.0. The van der Waals surface area contributed by atoms with E-state index in [1.165, 1.54) is 32.1 Å². The normalized spacial score (nSPS) is 58.5. The first-order valence-electron chi connectivity index (χ1n) is 8.44. The topological polar surface area (TPSA) is 18.5 Å². The molecule has 1 aliphatic heterocycles. The number of ether oxygens (including phenoxy) is 2. The summed E-state index contributed by atoms with van der Waals surface area (Å²) in [5, 5.41) is 0. The van der Waals surface area contributed by atoms with Crippen LogP contribution in [0.3, 0.4) is 0 Å². The Bertz CT molecular complexity index is 468. The molecule has 1 heterocycles. The molecule has 4 rings (SSSR count). The van der Waals surface area contributed by atoms with Gasteiger partial charge >= 0.3 is 0 Å². The van der Waals surface area contributed by atoms with E-state index in [1.54, 1.807) is 0 Å². The highest BCUT2D eigenvalue weighted by Crippen LogP contribution is 2.83. The van der Waals surface area contributed by atoms with Crippen LogP contribution in [0.4, 0.5) is 0 Å². The van der Waals surface area contributed by atoms with Crippen LogP contribution in [0.25, 0.3) is 0 Å².